The molecular formula is C22H17F3N6O2. The van der Waals surface area contributed by atoms with E-state index in [1.165, 1.54) is 23.4 Å². The molecule has 168 valence electrons. The number of halogens is 3. The van der Waals surface area contributed by atoms with E-state index in [0.29, 0.717) is 11.5 Å². The predicted octanol–water partition coefficient (Wildman–Crippen LogP) is 4.80. The van der Waals surface area contributed by atoms with Gasteiger partial charge >= 0.3 is 12.2 Å². The fraction of sp³-hybridized carbons (Fsp3) is 0.0909. The molecule has 0 saturated heterocycles. The van der Waals surface area contributed by atoms with Crippen LogP contribution < -0.4 is 15.4 Å². The molecule has 2 amide bonds. The van der Waals surface area contributed by atoms with E-state index in [-0.39, 0.29) is 17.9 Å². The average Bonchev–Trinajstić information content (AvgIpc) is 3.33. The summed E-state index contributed by atoms with van der Waals surface area (Å²) in [7, 11) is 0. The molecule has 4 rings (SSSR count). The summed E-state index contributed by atoms with van der Waals surface area (Å²) in [6, 6.07) is 12.8. The molecule has 0 bridgehead atoms. The summed E-state index contributed by atoms with van der Waals surface area (Å²) in [6.07, 6.45) is 1.23. The number of hydrogen-bond acceptors (Lipinski definition) is 5. The number of carbonyl (C=O) groups is 1. The third kappa shape index (κ3) is 5.64. The van der Waals surface area contributed by atoms with Gasteiger partial charge in [-0.05, 0) is 48.0 Å². The van der Waals surface area contributed by atoms with Crippen molar-refractivity contribution in [2.45, 2.75) is 12.7 Å². The molecule has 0 spiro atoms. The molecule has 8 nitrogen and oxygen atoms in total. The first-order chi connectivity index (χ1) is 15.9. The molecule has 2 aromatic carbocycles. The van der Waals surface area contributed by atoms with E-state index < -0.39 is 17.8 Å². The average molecular weight is 454 g/mol. The minimum atomic E-state index is -4.56. The smallest absolute Gasteiger partial charge is 0.416 e. The summed E-state index contributed by atoms with van der Waals surface area (Å²) in [5, 5.41) is 8.99. The number of rotatable bonds is 6. The zero-order valence-corrected chi connectivity index (χ0v) is 17.0. The van der Waals surface area contributed by atoms with E-state index in [0.717, 1.165) is 17.7 Å². The zero-order valence-electron chi connectivity index (χ0n) is 17.0. The molecule has 0 fully saturated rings. The van der Waals surface area contributed by atoms with Crippen LogP contribution in [0.25, 0.3) is 5.69 Å². The number of nitrogens with one attached hydrogen (secondary N) is 2. The molecule has 0 aliphatic heterocycles. The van der Waals surface area contributed by atoms with Crippen LogP contribution in [-0.2, 0) is 12.7 Å². The molecule has 11 heteroatoms. The molecule has 4 aromatic rings. The topological polar surface area (TPSA) is 94.0 Å². The van der Waals surface area contributed by atoms with Crippen LogP contribution in [0.5, 0.6) is 11.5 Å². The van der Waals surface area contributed by atoms with Crippen molar-refractivity contribution in [1.29, 1.82) is 0 Å². The lowest BCUT2D eigenvalue weighted by Gasteiger charge is -2.15. The Bertz CT molecular complexity index is 1210. The second kappa shape index (κ2) is 9.39. The van der Waals surface area contributed by atoms with Gasteiger partial charge in [0.15, 0.2) is 0 Å². The number of carbonyl (C=O) groups excluding carboxylic acids is 1. The Hall–Kier alpha value is -4.41. The third-order valence-corrected chi connectivity index (χ3v) is 4.50. The number of nitrogens with zero attached hydrogens (tertiary/aromatic N) is 4. The van der Waals surface area contributed by atoms with Gasteiger partial charge < -0.3 is 15.4 Å². The Kier molecular flexibility index (Phi) is 6.20. The van der Waals surface area contributed by atoms with Gasteiger partial charge in [0.05, 0.1) is 16.9 Å². The monoisotopic (exact) mass is 454 g/mol. The minimum Gasteiger partial charge on any atom is -0.457 e. The molecule has 0 radical (unpaired) electrons. The highest BCUT2D eigenvalue weighted by Gasteiger charge is 2.31. The second-order valence-corrected chi connectivity index (χ2v) is 6.81. The van der Waals surface area contributed by atoms with Crippen molar-refractivity contribution in [3.8, 4) is 17.2 Å². The number of aromatic nitrogens is 4. The zero-order chi connectivity index (χ0) is 23.3. The number of hydrogen-bond donors (Lipinski definition) is 2. The molecule has 0 aliphatic carbocycles. The molecule has 0 unspecified atom stereocenters. The molecule has 2 N–H and O–H groups in total. The van der Waals surface area contributed by atoms with Crippen LogP contribution in [-0.4, -0.2) is 25.8 Å². The number of anilines is 1. The number of pyridine rings is 1. The molecule has 0 atom stereocenters. The second-order valence-electron chi connectivity index (χ2n) is 6.81. The first kappa shape index (κ1) is 21.8. The van der Waals surface area contributed by atoms with Gasteiger partial charge in [-0.25, -0.2) is 14.5 Å². The van der Waals surface area contributed by atoms with Crippen LogP contribution in [0, 0.1) is 0 Å². The number of alkyl halides is 3. The van der Waals surface area contributed by atoms with Crippen molar-refractivity contribution < 1.29 is 22.7 Å². The predicted molar refractivity (Wildman–Crippen MR) is 113 cm³/mol. The molecule has 0 aliphatic rings. The van der Waals surface area contributed by atoms with Crippen LogP contribution in [0.3, 0.4) is 0 Å². The first-order valence-corrected chi connectivity index (χ1v) is 9.66. The summed E-state index contributed by atoms with van der Waals surface area (Å²) >= 11 is 0. The normalized spacial score (nSPS) is 11.1. The quantitative estimate of drug-likeness (QED) is 0.437. The van der Waals surface area contributed by atoms with E-state index in [4.69, 9.17) is 4.74 Å². The lowest BCUT2D eigenvalue weighted by Crippen LogP contribution is -2.29. The number of ether oxygens (including phenoxy) is 1. The van der Waals surface area contributed by atoms with Crippen LogP contribution in [0.1, 0.15) is 11.1 Å². The van der Waals surface area contributed by atoms with Gasteiger partial charge in [-0.3, -0.25) is 4.98 Å². The van der Waals surface area contributed by atoms with Crippen LogP contribution in [0.2, 0.25) is 0 Å². The van der Waals surface area contributed by atoms with Crippen LogP contribution in [0.4, 0.5) is 23.7 Å². The van der Waals surface area contributed by atoms with E-state index >= 15 is 0 Å². The van der Waals surface area contributed by atoms with Gasteiger partial charge in [-0.15, -0.1) is 0 Å². The van der Waals surface area contributed by atoms with Crippen LogP contribution >= 0.6 is 0 Å². The third-order valence-electron chi connectivity index (χ3n) is 4.50. The van der Waals surface area contributed by atoms with E-state index in [9.17, 15) is 18.0 Å². The lowest BCUT2D eigenvalue weighted by atomic mass is 10.1. The van der Waals surface area contributed by atoms with Crippen molar-refractivity contribution in [2.24, 2.45) is 0 Å². The number of benzene rings is 2. The van der Waals surface area contributed by atoms with Crippen molar-refractivity contribution in [3.63, 3.8) is 0 Å². The summed E-state index contributed by atoms with van der Waals surface area (Å²) in [5.41, 5.74) is 0.0569. The summed E-state index contributed by atoms with van der Waals surface area (Å²) in [4.78, 5) is 20.1. The highest BCUT2D eigenvalue weighted by atomic mass is 19.4. The highest BCUT2D eigenvalue weighted by molar-refractivity contribution is 5.91. The van der Waals surface area contributed by atoms with E-state index in [1.807, 2.05) is 0 Å². The lowest BCUT2D eigenvalue weighted by molar-refractivity contribution is -0.137. The van der Waals surface area contributed by atoms with Gasteiger partial charge in [-0.2, -0.15) is 18.3 Å². The van der Waals surface area contributed by atoms with Crippen molar-refractivity contribution in [1.82, 2.24) is 25.1 Å². The summed E-state index contributed by atoms with van der Waals surface area (Å²) in [6.45, 7) is 0.152. The molecule has 0 saturated carbocycles. The molecule has 2 heterocycles. The van der Waals surface area contributed by atoms with Gasteiger partial charge in [-0.1, -0.05) is 12.1 Å². The molecule has 2 aromatic heterocycles. The van der Waals surface area contributed by atoms with Gasteiger partial charge in [0.1, 0.15) is 24.2 Å². The standard InChI is InChI=1S/C22H17F3N6O2/c23-22(24,25)16-3-6-20(31-14-27-13-29-31)19(11-16)30-21(32)28-12-15-1-4-17(5-2-15)33-18-7-9-26-10-8-18/h1-11,13-14H,12H2,(H2,28,30,32). The minimum absolute atomic E-state index is 0.0612. The van der Waals surface area contributed by atoms with E-state index in [2.05, 4.69) is 25.7 Å². The Morgan fingerprint density at radius 3 is 2.36 bits per heavy atom. The fourth-order valence-electron chi connectivity index (χ4n) is 2.91. The van der Waals surface area contributed by atoms with Crippen molar-refractivity contribution in [2.75, 3.05) is 5.32 Å². The maximum Gasteiger partial charge on any atom is 0.416 e. The Balaban J connectivity index is 1.41. The fourth-order valence-corrected chi connectivity index (χ4v) is 2.91. The summed E-state index contributed by atoms with van der Waals surface area (Å²) < 4.78 is 46.4. The highest BCUT2D eigenvalue weighted by Crippen LogP contribution is 2.33. The van der Waals surface area contributed by atoms with Crippen LogP contribution in [0.15, 0.2) is 79.6 Å². The van der Waals surface area contributed by atoms with Gasteiger partial charge in [0.2, 0.25) is 0 Å². The molecular weight excluding hydrogens is 437 g/mol. The van der Waals surface area contributed by atoms with Gasteiger partial charge in [0, 0.05) is 18.9 Å². The summed E-state index contributed by atoms with van der Waals surface area (Å²) in [5.74, 6) is 1.25. The maximum atomic E-state index is 13.1. The Morgan fingerprint density at radius 2 is 1.70 bits per heavy atom. The molecule has 33 heavy (non-hydrogen) atoms. The number of amides is 2. The first-order valence-electron chi connectivity index (χ1n) is 9.66. The van der Waals surface area contributed by atoms with Gasteiger partial charge in [0.25, 0.3) is 0 Å². The Labute approximate surface area is 186 Å². The van der Waals surface area contributed by atoms with Crippen molar-refractivity contribution in [3.05, 3.63) is 90.8 Å². The Morgan fingerprint density at radius 1 is 0.970 bits per heavy atom. The van der Waals surface area contributed by atoms with Crippen molar-refractivity contribution >= 4 is 11.7 Å². The maximum absolute atomic E-state index is 13.1. The van der Waals surface area contributed by atoms with E-state index in [1.54, 1.807) is 48.8 Å². The SMILES string of the molecule is O=C(NCc1ccc(Oc2ccncc2)cc1)Nc1cc(C(F)(F)F)ccc1-n1cncn1. The largest absolute Gasteiger partial charge is 0.457 e. The number of urea groups is 1.